The predicted octanol–water partition coefficient (Wildman–Crippen LogP) is 1.92. The Bertz CT molecular complexity index is 706. The Morgan fingerprint density at radius 3 is 2.23 bits per heavy atom. The molecule has 0 aromatic heterocycles. The molecule has 0 aliphatic carbocycles. The molecule has 0 spiro atoms. The van der Waals surface area contributed by atoms with Gasteiger partial charge in [0.05, 0.1) is 11.6 Å². The van der Waals surface area contributed by atoms with Crippen molar-refractivity contribution in [2.45, 2.75) is 52.8 Å². The lowest BCUT2D eigenvalue weighted by molar-refractivity contribution is -0.130. The summed E-state index contributed by atoms with van der Waals surface area (Å²) in [6.07, 6.45) is -1.03. The van der Waals surface area contributed by atoms with Gasteiger partial charge in [0.1, 0.15) is 5.54 Å². The molecule has 7 nitrogen and oxygen atoms in total. The zero-order valence-corrected chi connectivity index (χ0v) is 15.8. The molecule has 0 aliphatic heterocycles. The summed E-state index contributed by atoms with van der Waals surface area (Å²) in [5, 5.41) is 14.5. The second kappa shape index (κ2) is 8.99. The van der Waals surface area contributed by atoms with Crippen LogP contribution in [-0.4, -0.2) is 29.4 Å². The SMILES string of the molecule is CC(=O)NCc1ccc(C(=O)OC(C)C(=O)NC(C)(C#N)C(C)C)cc1. The fourth-order valence-corrected chi connectivity index (χ4v) is 1.93. The minimum absolute atomic E-state index is 0.101. The third-order valence-electron chi connectivity index (χ3n) is 4.15. The Morgan fingerprint density at radius 1 is 1.19 bits per heavy atom. The van der Waals surface area contributed by atoms with Crippen LogP contribution in [0.15, 0.2) is 24.3 Å². The van der Waals surface area contributed by atoms with Gasteiger partial charge in [-0.15, -0.1) is 0 Å². The number of ether oxygens (including phenoxy) is 1. The molecule has 0 saturated carbocycles. The summed E-state index contributed by atoms with van der Waals surface area (Å²) in [5.41, 5.74) is 0.0933. The van der Waals surface area contributed by atoms with E-state index < -0.39 is 23.5 Å². The molecule has 0 radical (unpaired) electrons. The number of amides is 2. The van der Waals surface area contributed by atoms with Crippen molar-refractivity contribution in [2.75, 3.05) is 0 Å². The molecule has 140 valence electrons. The Balaban J connectivity index is 2.67. The maximum Gasteiger partial charge on any atom is 0.338 e. The maximum absolute atomic E-state index is 12.2. The summed E-state index contributed by atoms with van der Waals surface area (Å²) in [5.74, 6) is -1.41. The topological polar surface area (TPSA) is 108 Å². The van der Waals surface area contributed by atoms with Crippen molar-refractivity contribution in [1.29, 1.82) is 5.26 Å². The van der Waals surface area contributed by atoms with E-state index in [4.69, 9.17) is 4.74 Å². The lowest BCUT2D eigenvalue weighted by Crippen LogP contribution is -2.52. The predicted molar refractivity (Wildman–Crippen MR) is 95.8 cm³/mol. The van der Waals surface area contributed by atoms with E-state index in [1.165, 1.54) is 13.8 Å². The number of nitrogens with one attached hydrogen (secondary N) is 2. The van der Waals surface area contributed by atoms with Gasteiger partial charge >= 0.3 is 5.97 Å². The monoisotopic (exact) mass is 359 g/mol. The number of nitriles is 1. The molecule has 0 saturated heterocycles. The summed E-state index contributed by atoms with van der Waals surface area (Å²) < 4.78 is 5.18. The van der Waals surface area contributed by atoms with Crippen molar-refractivity contribution in [1.82, 2.24) is 10.6 Å². The van der Waals surface area contributed by atoms with Gasteiger partial charge in [0.2, 0.25) is 5.91 Å². The smallest absolute Gasteiger partial charge is 0.338 e. The number of hydrogen-bond acceptors (Lipinski definition) is 5. The Morgan fingerprint density at radius 2 is 1.77 bits per heavy atom. The number of rotatable bonds is 7. The van der Waals surface area contributed by atoms with Crippen molar-refractivity contribution in [2.24, 2.45) is 5.92 Å². The van der Waals surface area contributed by atoms with E-state index in [9.17, 15) is 19.6 Å². The summed E-state index contributed by atoms with van der Waals surface area (Å²) in [6, 6.07) is 8.60. The number of nitrogens with zero attached hydrogens (tertiary/aromatic N) is 1. The van der Waals surface area contributed by atoms with E-state index in [2.05, 4.69) is 16.7 Å². The van der Waals surface area contributed by atoms with Crippen LogP contribution in [-0.2, 0) is 20.9 Å². The normalized spacial score (nSPS) is 13.9. The average Bonchev–Trinajstić information content (AvgIpc) is 2.59. The van der Waals surface area contributed by atoms with Crippen LogP contribution < -0.4 is 10.6 Å². The van der Waals surface area contributed by atoms with Gasteiger partial charge in [0, 0.05) is 13.5 Å². The molecule has 1 rings (SSSR count). The average molecular weight is 359 g/mol. The molecule has 2 N–H and O–H groups in total. The van der Waals surface area contributed by atoms with Gasteiger partial charge in [-0.25, -0.2) is 4.79 Å². The second-order valence-corrected chi connectivity index (χ2v) is 6.61. The van der Waals surface area contributed by atoms with E-state index >= 15 is 0 Å². The van der Waals surface area contributed by atoms with E-state index in [1.807, 2.05) is 13.8 Å². The number of carbonyl (C=O) groups is 3. The molecule has 1 aromatic rings. The fraction of sp³-hybridized carbons (Fsp3) is 0.474. The Labute approximate surface area is 153 Å². The highest BCUT2D eigenvalue weighted by Gasteiger charge is 2.32. The van der Waals surface area contributed by atoms with Crippen molar-refractivity contribution >= 4 is 17.8 Å². The van der Waals surface area contributed by atoms with Crippen molar-refractivity contribution in [3.8, 4) is 6.07 Å². The van der Waals surface area contributed by atoms with Gasteiger partial charge in [-0.2, -0.15) is 5.26 Å². The van der Waals surface area contributed by atoms with Crippen LogP contribution in [0.3, 0.4) is 0 Å². The second-order valence-electron chi connectivity index (χ2n) is 6.61. The van der Waals surface area contributed by atoms with Crippen molar-refractivity contribution < 1.29 is 19.1 Å². The van der Waals surface area contributed by atoms with E-state index in [-0.39, 0.29) is 11.8 Å². The van der Waals surface area contributed by atoms with E-state index in [0.717, 1.165) is 5.56 Å². The Kier molecular flexibility index (Phi) is 7.32. The zero-order chi connectivity index (χ0) is 19.9. The molecule has 2 atom stereocenters. The van der Waals surface area contributed by atoms with Crippen LogP contribution in [0.25, 0.3) is 0 Å². The molecule has 2 amide bonds. The third-order valence-corrected chi connectivity index (χ3v) is 4.15. The minimum Gasteiger partial charge on any atom is -0.449 e. The molecule has 0 aliphatic rings. The highest BCUT2D eigenvalue weighted by molar-refractivity contribution is 5.92. The first-order valence-corrected chi connectivity index (χ1v) is 8.36. The standard InChI is InChI=1S/C19H25N3O4/c1-12(2)19(5,11-20)22-17(24)13(3)26-18(25)16-8-6-15(7-9-16)10-21-14(4)23/h6-9,12-13H,10H2,1-5H3,(H,21,23)(H,22,24). The summed E-state index contributed by atoms with van der Waals surface area (Å²) in [6.45, 7) is 8.51. The number of carbonyl (C=O) groups excluding carboxylic acids is 3. The molecule has 1 aromatic carbocycles. The highest BCUT2D eigenvalue weighted by atomic mass is 16.5. The number of benzene rings is 1. The first-order chi connectivity index (χ1) is 12.1. The lowest BCUT2D eigenvalue weighted by Gasteiger charge is -2.28. The molecule has 0 bridgehead atoms. The first kappa shape index (κ1) is 21.2. The van der Waals surface area contributed by atoms with Crippen LogP contribution >= 0.6 is 0 Å². The minimum atomic E-state index is -1.04. The van der Waals surface area contributed by atoms with Gasteiger partial charge in [-0.05, 0) is 37.5 Å². The molecule has 2 unspecified atom stereocenters. The first-order valence-electron chi connectivity index (χ1n) is 8.36. The molecule has 26 heavy (non-hydrogen) atoms. The quantitative estimate of drug-likeness (QED) is 0.723. The van der Waals surface area contributed by atoms with Crippen molar-refractivity contribution in [3.05, 3.63) is 35.4 Å². The van der Waals surface area contributed by atoms with Crippen molar-refractivity contribution in [3.63, 3.8) is 0 Å². The summed E-state index contributed by atoms with van der Waals surface area (Å²) >= 11 is 0. The molecule has 7 heteroatoms. The van der Waals surface area contributed by atoms with Crippen LogP contribution in [0.1, 0.15) is 50.5 Å². The molecule has 0 heterocycles. The highest BCUT2D eigenvalue weighted by Crippen LogP contribution is 2.16. The van der Waals surface area contributed by atoms with Gasteiger partial charge in [-0.1, -0.05) is 26.0 Å². The van der Waals surface area contributed by atoms with Gasteiger partial charge in [-0.3, -0.25) is 9.59 Å². The maximum atomic E-state index is 12.2. The van der Waals surface area contributed by atoms with Crippen LogP contribution in [0.4, 0.5) is 0 Å². The van der Waals surface area contributed by atoms with E-state index in [1.54, 1.807) is 31.2 Å². The molecule has 0 fully saturated rings. The number of esters is 1. The zero-order valence-electron chi connectivity index (χ0n) is 15.8. The van der Waals surface area contributed by atoms with Crippen LogP contribution in [0.5, 0.6) is 0 Å². The number of hydrogen-bond donors (Lipinski definition) is 2. The summed E-state index contributed by atoms with van der Waals surface area (Å²) in [7, 11) is 0. The van der Waals surface area contributed by atoms with Gasteiger partial charge in [0.15, 0.2) is 6.10 Å². The molecular weight excluding hydrogens is 334 g/mol. The fourth-order valence-electron chi connectivity index (χ4n) is 1.93. The largest absolute Gasteiger partial charge is 0.449 e. The lowest BCUT2D eigenvalue weighted by atomic mass is 9.90. The van der Waals surface area contributed by atoms with Crippen LogP contribution in [0.2, 0.25) is 0 Å². The van der Waals surface area contributed by atoms with Crippen LogP contribution in [0, 0.1) is 17.2 Å². The molecular formula is C19H25N3O4. The summed E-state index contributed by atoms with van der Waals surface area (Å²) in [4.78, 5) is 35.3. The van der Waals surface area contributed by atoms with Gasteiger partial charge < -0.3 is 15.4 Å². The van der Waals surface area contributed by atoms with Gasteiger partial charge in [0.25, 0.3) is 5.91 Å². The van der Waals surface area contributed by atoms with E-state index in [0.29, 0.717) is 12.1 Å². The Hall–Kier alpha value is -2.88. The third kappa shape index (κ3) is 5.88.